The first-order valence-corrected chi connectivity index (χ1v) is 5.16. The van der Waals surface area contributed by atoms with Gasteiger partial charge < -0.3 is 15.4 Å². The molecule has 1 unspecified atom stereocenters. The molecule has 0 bridgehead atoms. The molecule has 2 aromatic rings. The Labute approximate surface area is 97.4 Å². The lowest BCUT2D eigenvalue weighted by molar-refractivity contribution is -0.383. The quantitative estimate of drug-likeness (QED) is 0.614. The molecule has 90 valence electrons. The predicted molar refractivity (Wildman–Crippen MR) is 63.6 cm³/mol. The van der Waals surface area contributed by atoms with Gasteiger partial charge in [-0.15, -0.1) is 0 Å². The van der Waals surface area contributed by atoms with Crippen LogP contribution in [0.1, 0.15) is 11.7 Å². The SMILES string of the molecule is Cn1cc([N+](=O)[O-])c2ccc(C(O)CN)cc21. The van der Waals surface area contributed by atoms with Crippen LogP contribution in [0.2, 0.25) is 0 Å². The van der Waals surface area contributed by atoms with Crippen LogP contribution >= 0.6 is 0 Å². The van der Waals surface area contributed by atoms with Gasteiger partial charge in [0.25, 0.3) is 5.69 Å². The minimum atomic E-state index is -0.742. The lowest BCUT2D eigenvalue weighted by atomic mass is 10.1. The van der Waals surface area contributed by atoms with Gasteiger partial charge in [-0.3, -0.25) is 10.1 Å². The normalized spacial score (nSPS) is 12.9. The van der Waals surface area contributed by atoms with Gasteiger partial charge in [0.05, 0.1) is 28.1 Å². The zero-order chi connectivity index (χ0) is 12.6. The second kappa shape index (κ2) is 4.15. The van der Waals surface area contributed by atoms with Crippen LogP contribution in [-0.2, 0) is 7.05 Å². The Morgan fingerprint density at radius 1 is 1.59 bits per heavy atom. The van der Waals surface area contributed by atoms with Gasteiger partial charge in [-0.05, 0) is 17.7 Å². The van der Waals surface area contributed by atoms with Gasteiger partial charge in [-0.1, -0.05) is 6.07 Å². The van der Waals surface area contributed by atoms with E-state index in [1.807, 2.05) is 0 Å². The molecule has 1 aromatic heterocycles. The maximum atomic E-state index is 10.8. The van der Waals surface area contributed by atoms with Crippen molar-refractivity contribution in [2.45, 2.75) is 6.10 Å². The molecule has 1 heterocycles. The molecule has 0 aliphatic heterocycles. The van der Waals surface area contributed by atoms with Crippen LogP contribution in [0, 0.1) is 10.1 Å². The van der Waals surface area contributed by atoms with Gasteiger partial charge in [-0.25, -0.2) is 0 Å². The zero-order valence-electron chi connectivity index (χ0n) is 9.33. The van der Waals surface area contributed by atoms with E-state index in [1.165, 1.54) is 6.20 Å². The number of aromatic nitrogens is 1. The minimum absolute atomic E-state index is 0.0660. The summed E-state index contributed by atoms with van der Waals surface area (Å²) in [5.74, 6) is 0. The summed E-state index contributed by atoms with van der Waals surface area (Å²) in [5.41, 5.74) is 6.81. The van der Waals surface area contributed by atoms with Gasteiger partial charge in [-0.2, -0.15) is 0 Å². The Morgan fingerprint density at radius 2 is 2.29 bits per heavy atom. The van der Waals surface area contributed by atoms with Crippen LogP contribution in [-0.4, -0.2) is 21.1 Å². The van der Waals surface area contributed by atoms with Crippen molar-refractivity contribution in [3.63, 3.8) is 0 Å². The number of rotatable bonds is 3. The van der Waals surface area contributed by atoms with Crippen LogP contribution in [0.4, 0.5) is 5.69 Å². The molecule has 17 heavy (non-hydrogen) atoms. The van der Waals surface area contributed by atoms with E-state index in [0.29, 0.717) is 16.5 Å². The molecule has 2 rings (SSSR count). The number of nitrogens with two attached hydrogens (primary N) is 1. The number of hydrogen-bond acceptors (Lipinski definition) is 4. The largest absolute Gasteiger partial charge is 0.387 e. The van der Waals surface area contributed by atoms with Crippen LogP contribution in [0.15, 0.2) is 24.4 Å². The molecule has 0 amide bonds. The second-order valence-corrected chi connectivity index (χ2v) is 3.91. The van der Waals surface area contributed by atoms with E-state index in [0.717, 1.165) is 0 Å². The average Bonchev–Trinajstić information content (AvgIpc) is 2.65. The van der Waals surface area contributed by atoms with Crippen molar-refractivity contribution < 1.29 is 10.0 Å². The standard InChI is InChI=1S/C11H13N3O3/c1-13-6-10(14(16)17)8-3-2-7(4-9(8)13)11(15)5-12/h2-4,6,11,15H,5,12H2,1H3. The van der Waals surface area contributed by atoms with Gasteiger partial charge >= 0.3 is 0 Å². The summed E-state index contributed by atoms with van der Waals surface area (Å²) in [5, 5.41) is 21.0. The highest BCUT2D eigenvalue weighted by Gasteiger charge is 2.17. The third-order valence-electron chi connectivity index (χ3n) is 2.80. The summed E-state index contributed by atoms with van der Waals surface area (Å²) in [4.78, 5) is 10.4. The molecule has 3 N–H and O–H groups in total. The van der Waals surface area contributed by atoms with Gasteiger partial charge in [0.1, 0.15) is 0 Å². The van der Waals surface area contributed by atoms with Crippen LogP contribution in [0.25, 0.3) is 10.9 Å². The maximum Gasteiger partial charge on any atom is 0.294 e. The summed E-state index contributed by atoms with van der Waals surface area (Å²) in [6, 6.07) is 5.02. The molecule has 0 spiro atoms. The van der Waals surface area contributed by atoms with E-state index in [2.05, 4.69) is 0 Å². The molecule has 1 aromatic carbocycles. The highest BCUT2D eigenvalue weighted by molar-refractivity contribution is 5.90. The number of nitrogens with zero attached hydrogens (tertiary/aromatic N) is 2. The van der Waals surface area contributed by atoms with E-state index >= 15 is 0 Å². The van der Waals surface area contributed by atoms with Crippen molar-refractivity contribution in [2.24, 2.45) is 12.8 Å². The smallest absolute Gasteiger partial charge is 0.294 e. The second-order valence-electron chi connectivity index (χ2n) is 3.91. The molecule has 1 atom stereocenters. The Hall–Kier alpha value is -1.92. The molecular formula is C11H13N3O3. The number of fused-ring (bicyclic) bond motifs is 1. The molecule has 0 saturated heterocycles. The molecular weight excluding hydrogens is 222 g/mol. The average molecular weight is 235 g/mol. The molecule has 0 aliphatic carbocycles. The van der Waals surface area contributed by atoms with Crippen molar-refractivity contribution in [1.82, 2.24) is 4.57 Å². The van der Waals surface area contributed by atoms with E-state index in [9.17, 15) is 15.2 Å². The molecule has 6 nitrogen and oxygen atoms in total. The molecule has 0 radical (unpaired) electrons. The third-order valence-corrected chi connectivity index (χ3v) is 2.80. The van der Waals surface area contributed by atoms with Crippen molar-refractivity contribution in [1.29, 1.82) is 0 Å². The van der Waals surface area contributed by atoms with Crippen LogP contribution in [0.5, 0.6) is 0 Å². The number of aryl methyl sites for hydroxylation is 1. The summed E-state index contributed by atoms with van der Waals surface area (Å²) in [6.45, 7) is 0.123. The van der Waals surface area contributed by atoms with Gasteiger partial charge in [0.2, 0.25) is 0 Å². The highest BCUT2D eigenvalue weighted by atomic mass is 16.6. The Morgan fingerprint density at radius 3 is 2.88 bits per heavy atom. The third kappa shape index (κ3) is 1.88. The van der Waals surface area contributed by atoms with Crippen molar-refractivity contribution in [3.05, 3.63) is 40.1 Å². The maximum absolute atomic E-state index is 10.8. The van der Waals surface area contributed by atoms with E-state index < -0.39 is 11.0 Å². The topological polar surface area (TPSA) is 94.3 Å². The Balaban J connectivity index is 2.63. The van der Waals surface area contributed by atoms with Crippen molar-refractivity contribution in [3.8, 4) is 0 Å². The fraction of sp³-hybridized carbons (Fsp3) is 0.273. The van der Waals surface area contributed by atoms with Crippen LogP contribution in [0.3, 0.4) is 0 Å². The molecule has 0 saturated carbocycles. The van der Waals surface area contributed by atoms with E-state index in [4.69, 9.17) is 5.73 Å². The first-order valence-electron chi connectivity index (χ1n) is 5.16. The molecule has 6 heteroatoms. The number of nitro groups is 1. The summed E-state index contributed by atoms with van der Waals surface area (Å²) >= 11 is 0. The first kappa shape index (κ1) is 11.6. The monoisotopic (exact) mass is 235 g/mol. The minimum Gasteiger partial charge on any atom is -0.387 e. The van der Waals surface area contributed by atoms with E-state index in [-0.39, 0.29) is 12.2 Å². The first-order chi connectivity index (χ1) is 8.04. The lowest BCUT2D eigenvalue weighted by Gasteiger charge is -2.08. The summed E-state index contributed by atoms with van der Waals surface area (Å²) in [6.07, 6.45) is 0.719. The summed E-state index contributed by atoms with van der Waals surface area (Å²) in [7, 11) is 1.73. The summed E-state index contributed by atoms with van der Waals surface area (Å²) < 4.78 is 1.67. The Kier molecular flexibility index (Phi) is 2.83. The van der Waals surface area contributed by atoms with E-state index in [1.54, 1.807) is 29.8 Å². The highest BCUT2D eigenvalue weighted by Crippen LogP contribution is 2.29. The number of hydrogen-bond donors (Lipinski definition) is 2. The van der Waals surface area contributed by atoms with Crippen LogP contribution < -0.4 is 5.73 Å². The van der Waals surface area contributed by atoms with Crippen molar-refractivity contribution in [2.75, 3.05) is 6.54 Å². The molecule has 0 aliphatic rings. The fourth-order valence-corrected chi connectivity index (χ4v) is 1.87. The zero-order valence-corrected chi connectivity index (χ0v) is 9.33. The number of aliphatic hydroxyl groups is 1. The molecule has 0 fully saturated rings. The lowest BCUT2D eigenvalue weighted by Crippen LogP contribution is -2.11. The number of aliphatic hydroxyl groups excluding tert-OH is 1. The van der Waals surface area contributed by atoms with Gasteiger partial charge in [0.15, 0.2) is 0 Å². The fourth-order valence-electron chi connectivity index (χ4n) is 1.87. The van der Waals surface area contributed by atoms with Crippen molar-refractivity contribution >= 4 is 16.6 Å². The van der Waals surface area contributed by atoms with Gasteiger partial charge in [0, 0.05) is 13.6 Å². The number of benzene rings is 1. The Bertz CT molecular complexity index is 577. The predicted octanol–water partition coefficient (Wildman–Crippen LogP) is 1.08.